The number of hydrogen-bond donors (Lipinski definition) is 1. The molecule has 0 saturated carbocycles. The third-order valence-corrected chi connectivity index (χ3v) is 5.17. The summed E-state index contributed by atoms with van der Waals surface area (Å²) in [6.45, 7) is 4.37. The first kappa shape index (κ1) is 19.7. The summed E-state index contributed by atoms with van der Waals surface area (Å²) < 4.78 is 15.5. The van der Waals surface area contributed by atoms with Crippen molar-refractivity contribution in [1.29, 1.82) is 0 Å². The molecule has 1 aliphatic rings. The second-order valence-electron chi connectivity index (χ2n) is 6.91. The molecule has 30 heavy (non-hydrogen) atoms. The van der Waals surface area contributed by atoms with Crippen molar-refractivity contribution >= 4 is 46.1 Å². The van der Waals surface area contributed by atoms with Crippen molar-refractivity contribution in [2.45, 2.75) is 6.54 Å². The lowest BCUT2D eigenvalue weighted by Crippen LogP contribution is -2.53. The highest BCUT2D eigenvalue weighted by molar-refractivity contribution is 7.80. The van der Waals surface area contributed by atoms with Crippen LogP contribution in [0.5, 0.6) is 0 Å². The number of carbonyl (C=O) groups excluding carboxylic acids is 2. The number of rotatable bonds is 5. The van der Waals surface area contributed by atoms with E-state index >= 15 is 0 Å². The van der Waals surface area contributed by atoms with Gasteiger partial charge in [-0.15, -0.1) is 6.58 Å². The van der Waals surface area contributed by atoms with Crippen LogP contribution in [0.3, 0.4) is 0 Å². The zero-order chi connectivity index (χ0) is 21.3. The number of fused-ring (bicyclic) bond motifs is 1. The van der Waals surface area contributed by atoms with Crippen LogP contribution in [-0.4, -0.2) is 32.9 Å². The van der Waals surface area contributed by atoms with Gasteiger partial charge in [0.1, 0.15) is 11.4 Å². The number of aromatic nitrogens is 1. The van der Waals surface area contributed by atoms with Crippen molar-refractivity contribution in [1.82, 2.24) is 14.8 Å². The maximum absolute atomic E-state index is 13.5. The van der Waals surface area contributed by atoms with Crippen LogP contribution in [0, 0.1) is 5.82 Å². The lowest BCUT2D eigenvalue weighted by Gasteiger charge is -2.27. The van der Waals surface area contributed by atoms with Gasteiger partial charge in [-0.3, -0.25) is 19.8 Å². The number of amides is 2. The smallest absolute Gasteiger partial charge is 0.265 e. The minimum atomic E-state index is -0.519. The standard InChI is InChI=1S/C23H18FN3O2S/c1-2-9-27-22(29)19(21(28)25-23(27)30)13-15-6-7-20-17(11-15)8-10-26(20)14-16-4-3-5-18(24)12-16/h2-8,10-13H,1,9,14H2,(H,25,28,30)/b19-13+. The van der Waals surface area contributed by atoms with E-state index in [0.717, 1.165) is 22.0 Å². The molecule has 1 aliphatic heterocycles. The zero-order valence-corrected chi connectivity index (χ0v) is 16.8. The highest BCUT2D eigenvalue weighted by Gasteiger charge is 2.32. The second kappa shape index (κ2) is 8.04. The van der Waals surface area contributed by atoms with Crippen molar-refractivity contribution in [3.05, 3.63) is 89.9 Å². The van der Waals surface area contributed by atoms with Crippen LogP contribution in [0.4, 0.5) is 4.39 Å². The predicted molar refractivity (Wildman–Crippen MR) is 118 cm³/mol. The summed E-state index contributed by atoms with van der Waals surface area (Å²) in [6.07, 6.45) is 5.03. The Balaban J connectivity index is 1.64. The summed E-state index contributed by atoms with van der Waals surface area (Å²) in [5.74, 6) is -1.24. The van der Waals surface area contributed by atoms with Gasteiger partial charge in [0.2, 0.25) is 0 Å². The predicted octanol–water partition coefficient (Wildman–Crippen LogP) is 3.64. The molecule has 0 bridgehead atoms. The minimum absolute atomic E-state index is 0.0176. The Hall–Kier alpha value is -3.58. The van der Waals surface area contributed by atoms with E-state index in [1.807, 2.05) is 41.1 Å². The molecule has 3 aromatic rings. The fourth-order valence-electron chi connectivity index (χ4n) is 3.43. The van der Waals surface area contributed by atoms with Crippen LogP contribution in [-0.2, 0) is 16.1 Å². The van der Waals surface area contributed by atoms with Gasteiger partial charge < -0.3 is 4.57 Å². The van der Waals surface area contributed by atoms with E-state index in [-0.39, 0.29) is 23.0 Å². The van der Waals surface area contributed by atoms with Crippen LogP contribution in [0.2, 0.25) is 0 Å². The van der Waals surface area contributed by atoms with Crippen molar-refractivity contribution in [2.24, 2.45) is 0 Å². The first-order chi connectivity index (χ1) is 14.5. The molecule has 2 aromatic carbocycles. The highest BCUT2D eigenvalue weighted by atomic mass is 32.1. The molecule has 1 saturated heterocycles. The number of benzene rings is 2. The lowest BCUT2D eigenvalue weighted by atomic mass is 10.1. The zero-order valence-electron chi connectivity index (χ0n) is 16.0. The van der Waals surface area contributed by atoms with Crippen molar-refractivity contribution < 1.29 is 14.0 Å². The van der Waals surface area contributed by atoms with E-state index in [0.29, 0.717) is 6.54 Å². The monoisotopic (exact) mass is 419 g/mol. The number of carbonyl (C=O) groups is 2. The van der Waals surface area contributed by atoms with Crippen molar-refractivity contribution in [2.75, 3.05) is 6.54 Å². The van der Waals surface area contributed by atoms with Crippen molar-refractivity contribution in [3.8, 4) is 0 Å². The molecule has 2 amide bonds. The molecular weight excluding hydrogens is 401 g/mol. The molecule has 1 N–H and O–H groups in total. The Bertz CT molecular complexity index is 1230. The van der Waals surface area contributed by atoms with Gasteiger partial charge in [-0.05, 0) is 59.8 Å². The van der Waals surface area contributed by atoms with Crippen LogP contribution in [0.25, 0.3) is 17.0 Å². The van der Waals surface area contributed by atoms with Gasteiger partial charge >= 0.3 is 0 Å². The number of halogens is 1. The molecule has 1 aromatic heterocycles. The minimum Gasteiger partial charge on any atom is -0.343 e. The van der Waals surface area contributed by atoms with Crippen LogP contribution in [0.1, 0.15) is 11.1 Å². The molecule has 0 unspecified atom stereocenters. The molecule has 7 heteroatoms. The normalized spacial score (nSPS) is 15.7. The lowest BCUT2D eigenvalue weighted by molar-refractivity contribution is -0.128. The van der Waals surface area contributed by atoms with Gasteiger partial charge in [0.05, 0.1) is 0 Å². The molecule has 1 fully saturated rings. The summed E-state index contributed by atoms with van der Waals surface area (Å²) >= 11 is 5.06. The van der Waals surface area contributed by atoms with E-state index in [9.17, 15) is 14.0 Å². The van der Waals surface area contributed by atoms with E-state index in [1.165, 1.54) is 17.0 Å². The van der Waals surface area contributed by atoms with E-state index in [1.54, 1.807) is 18.2 Å². The van der Waals surface area contributed by atoms with Gasteiger partial charge in [-0.2, -0.15) is 0 Å². The van der Waals surface area contributed by atoms with Gasteiger partial charge in [-0.25, -0.2) is 4.39 Å². The first-order valence-corrected chi connectivity index (χ1v) is 9.70. The largest absolute Gasteiger partial charge is 0.343 e. The number of thiocarbonyl (C=S) groups is 1. The summed E-state index contributed by atoms with van der Waals surface area (Å²) in [7, 11) is 0. The van der Waals surface area contributed by atoms with Crippen LogP contribution < -0.4 is 5.32 Å². The fraction of sp³-hybridized carbons (Fsp3) is 0.0870. The molecule has 0 spiro atoms. The highest BCUT2D eigenvalue weighted by Crippen LogP contribution is 2.22. The van der Waals surface area contributed by atoms with E-state index < -0.39 is 11.8 Å². The Morgan fingerprint density at radius 3 is 2.73 bits per heavy atom. The Morgan fingerprint density at radius 1 is 1.13 bits per heavy atom. The Kier molecular flexibility index (Phi) is 5.29. The molecule has 4 rings (SSSR count). The summed E-state index contributed by atoms with van der Waals surface area (Å²) in [4.78, 5) is 26.3. The molecule has 0 aliphatic carbocycles. The number of nitrogens with one attached hydrogen (secondary N) is 1. The number of hydrogen-bond acceptors (Lipinski definition) is 3. The van der Waals surface area contributed by atoms with Gasteiger partial charge in [0.25, 0.3) is 11.8 Å². The quantitative estimate of drug-likeness (QED) is 0.297. The van der Waals surface area contributed by atoms with Gasteiger partial charge in [0, 0.05) is 30.2 Å². The Morgan fingerprint density at radius 2 is 1.97 bits per heavy atom. The average molecular weight is 419 g/mol. The van der Waals surface area contributed by atoms with Crippen LogP contribution in [0.15, 0.2) is 73.0 Å². The topological polar surface area (TPSA) is 54.3 Å². The summed E-state index contributed by atoms with van der Waals surface area (Å²) in [6, 6.07) is 14.1. The first-order valence-electron chi connectivity index (χ1n) is 9.29. The third kappa shape index (κ3) is 3.79. The fourth-order valence-corrected chi connectivity index (χ4v) is 3.68. The molecule has 0 atom stereocenters. The van der Waals surface area contributed by atoms with Crippen LogP contribution >= 0.6 is 12.2 Å². The second-order valence-corrected chi connectivity index (χ2v) is 7.30. The summed E-state index contributed by atoms with van der Waals surface area (Å²) in [5, 5.41) is 3.56. The Labute approximate surface area is 178 Å². The molecular formula is C23H18FN3O2S. The SMILES string of the molecule is C=CCN1C(=O)/C(=C/c2ccc3c(ccn3Cc3cccc(F)c3)c2)C(=O)NC1=S. The molecule has 0 radical (unpaired) electrons. The average Bonchev–Trinajstić information content (AvgIpc) is 3.10. The number of nitrogens with zero attached hydrogens (tertiary/aromatic N) is 2. The van der Waals surface area contributed by atoms with Gasteiger partial charge in [-0.1, -0.05) is 24.3 Å². The molecule has 150 valence electrons. The molecule has 2 heterocycles. The maximum Gasteiger partial charge on any atom is 0.265 e. The van der Waals surface area contributed by atoms with Gasteiger partial charge in [0.15, 0.2) is 5.11 Å². The summed E-state index contributed by atoms with van der Waals surface area (Å²) in [5.41, 5.74) is 2.57. The van der Waals surface area contributed by atoms with Crippen molar-refractivity contribution in [3.63, 3.8) is 0 Å². The van der Waals surface area contributed by atoms with E-state index in [2.05, 4.69) is 11.9 Å². The molecule has 5 nitrogen and oxygen atoms in total. The van der Waals surface area contributed by atoms with E-state index in [4.69, 9.17) is 12.2 Å². The third-order valence-electron chi connectivity index (χ3n) is 4.85. The maximum atomic E-state index is 13.5.